The number of rotatable bonds is 6. The molecule has 10 heteroatoms. The third-order valence-corrected chi connectivity index (χ3v) is 8.63. The maximum absolute atomic E-state index is 10.3. The topological polar surface area (TPSA) is 96.7 Å². The number of likely N-dealkylation sites (tertiary alicyclic amines) is 1. The number of aromatic nitrogens is 2. The molecule has 0 unspecified atom stereocenters. The van der Waals surface area contributed by atoms with E-state index in [0.29, 0.717) is 0 Å². The van der Waals surface area contributed by atoms with Gasteiger partial charge in [-0.15, -0.1) is 11.3 Å². The SMILES string of the molecule is CCOCCN1CCC(=C2c3sccc3CCn3ccnc32)CC1.O=S(=O)(O)NC1CCCCC1. The molecule has 2 aromatic rings. The Bertz CT molecular complexity index is 1030. The molecule has 5 rings (SSSR count). The first-order chi connectivity index (χ1) is 16.9. The number of fused-ring (bicyclic) bond motifs is 2. The van der Waals surface area contributed by atoms with Gasteiger partial charge in [-0.2, -0.15) is 13.1 Å². The first-order valence-corrected chi connectivity index (χ1v) is 15.1. The lowest BCUT2D eigenvalue weighted by atomic mass is 9.95. The highest BCUT2D eigenvalue weighted by Crippen LogP contribution is 2.38. The van der Waals surface area contributed by atoms with Crippen molar-refractivity contribution in [3.63, 3.8) is 0 Å². The monoisotopic (exact) mass is 522 g/mol. The molecule has 35 heavy (non-hydrogen) atoms. The minimum Gasteiger partial charge on any atom is -0.380 e. The van der Waals surface area contributed by atoms with Gasteiger partial charge in [0, 0.05) is 61.7 Å². The van der Waals surface area contributed by atoms with E-state index in [2.05, 4.69) is 38.8 Å². The van der Waals surface area contributed by atoms with Crippen LogP contribution in [0.1, 0.15) is 68.1 Å². The van der Waals surface area contributed by atoms with Gasteiger partial charge in [-0.1, -0.05) is 24.8 Å². The number of ether oxygens (including phenoxy) is 1. The zero-order chi connectivity index (χ0) is 24.7. The molecular weight excluding hydrogens is 484 g/mol. The van der Waals surface area contributed by atoms with E-state index in [1.54, 1.807) is 5.57 Å². The van der Waals surface area contributed by atoms with Crippen LogP contribution < -0.4 is 4.72 Å². The number of hydrogen-bond acceptors (Lipinski definition) is 6. The predicted molar refractivity (Wildman–Crippen MR) is 140 cm³/mol. The number of nitrogens with zero attached hydrogens (tertiary/aromatic N) is 3. The van der Waals surface area contributed by atoms with Gasteiger partial charge < -0.3 is 14.2 Å². The molecule has 1 saturated carbocycles. The van der Waals surface area contributed by atoms with E-state index in [-0.39, 0.29) is 6.04 Å². The summed E-state index contributed by atoms with van der Waals surface area (Å²) in [5, 5.41) is 2.24. The van der Waals surface area contributed by atoms with Gasteiger partial charge in [-0.05, 0) is 56.0 Å². The van der Waals surface area contributed by atoms with Crippen molar-refractivity contribution in [3.8, 4) is 0 Å². The predicted octanol–water partition coefficient (Wildman–Crippen LogP) is 4.15. The summed E-state index contributed by atoms with van der Waals surface area (Å²) in [5.41, 5.74) is 4.50. The normalized spacial score (nSPS) is 19.5. The van der Waals surface area contributed by atoms with Crippen molar-refractivity contribution in [2.75, 3.05) is 32.8 Å². The molecule has 0 amide bonds. The van der Waals surface area contributed by atoms with Gasteiger partial charge in [0.2, 0.25) is 0 Å². The highest BCUT2D eigenvalue weighted by Gasteiger charge is 2.25. The molecule has 4 heterocycles. The van der Waals surface area contributed by atoms with Crippen molar-refractivity contribution in [1.82, 2.24) is 19.2 Å². The third kappa shape index (κ3) is 7.47. The Labute approximate surface area is 213 Å². The lowest BCUT2D eigenvalue weighted by Gasteiger charge is -2.29. The summed E-state index contributed by atoms with van der Waals surface area (Å²) in [6, 6.07) is 2.25. The fourth-order valence-electron chi connectivity index (χ4n) is 5.20. The molecule has 8 nitrogen and oxygen atoms in total. The van der Waals surface area contributed by atoms with Crippen LogP contribution in [0.4, 0.5) is 0 Å². The molecule has 1 saturated heterocycles. The van der Waals surface area contributed by atoms with Crippen LogP contribution in [-0.4, -0.2) is 66.3 Å². The largest absolute Gasteiger partial charge is 0.380 e. The summed E-state index contributed by atoms with van der Waals surface area (Å²) in [7, 11) is -3.97. The average molecular weight is 523 g/mol. The number of nitrogens with one attached hydrogen (secondary N) is 1. The summed E-state index contributed by atoms with van der Waals surface area (Å²) in [6.45, 7) is 8.08. The molecule has 2 aromatic heterocycles. The first-order valence-electron chi connectivity index (χ1n) is 12.8. The zero-order valence-electron chi connectivity index (χ0n) is 20.6. The second kappa shape index (κ2) is 12.6. The Morgan fingerprint density at radius 1 is 1.17 bits per heavy atom. The highest BCUT2D eigenvalue weighted by atomic mass is 32.2. The fourth-order valence-corrected chi connectivity index (χ4v) is 6.90. The second-order valence-electron chi connectivity index (χ2n) is 9.41. The van der Waals surface area contributed by atoms with Crippen LogP contribution in [-0.2, 0) is 28.0 Å². The molecule has 0 aromatic carbocycles. The Balaban J connectivity index is 0.000000221. The highest BCUT2D eigenvalue weighted by molar-refractivity contribution is 7.83. The molecule has 3 aliphatic rings. The summed E-state index contributed by atoms with van der Waals surface area (Å²) in [6.07, 6.45) is 12.4. The smallest absolute Gasteiger partial charge is 0.333 e. The van der Waals surface area contributed by atoms with Crippen LogP contribution in [0, 0.1) is 0 Å². The Kier molecular flexibility index (Phi) is 9.54. The van der Waals surface area contributed by atoms with Crippen molar-refractivity contribution >= 4 is 27.2 Å². The minimum atomic E-state index is -3.97. The maximum Gasteiger partial charge on any atom is 0.333 e. The summed E-state index contributed by atoms with van der Waals surface area (Å²) >= 11 is 1.88. The van der Waals surface area contributed by atoms with E-state index in [0.717, 1.165) is 84.3 Å². The van der Waals surface area contributed by atoms with Crippen molar-refractivity contribution in [1.29, 1.82) is 0 Å². The lowest BCUT2D eigenvalue weighted by Crippen LogP contribution is -2.35. The maximum atomic E-state index is 10.3. The van der Waals surface area contributed by atoms with E-state index < -0.39 is 10.3 Å². The number of imidazole rings is 1. The number of aryl methyl sites for hydroxylation is 2. The Morgan fingerprint density at radius 3 is 2.66 bits per heavy atom. The molecule has 1 aliphatic carbocycles. The molecule has 0 atom stereocenters. The van der Waals surface area contributed by atoms with Gasteiger partial charge in [-0.25, -0.2) is 4.98 Å². The fraction of sp³-hybridized carbons (Fsp3) is 0.640. The number of thiophene rings is 1. The standard InChI is InChI=1S/C19H25N3OS.C6H13NO3S/c1-2-23-13-12-21-8-3-15(4-9-21)17-18-16(6-14-24-18)5-10-22-11-7-20-19(17)22;8-11(9,10)7-6-4-2-1-3-5-6/h6-7,11,14H,2-5,8-10,12-13H2,1H3;6-7H,1-5H2,(H,8,9,10). The van der Waals surface area contributed by atoms with E-state index >= 15 is 0 Å². The minimum absolute atomic E-state index is 0.0428. The van der Waals surface area contributed by atoms with Crippen molar-refractivity contribution in [2.24, 2.45) is 0 Å². The van der Waals surface area contributed by atoms with E-state index in [1.807, 2.05) is 17.5 Å². The van der Waals surface area contributed by atoms with Crippen molar-refractivity contribution < 1.29 is 17.7 Å². The van der Waals surface area contributed by atoms with Crippen LogP contribution in [0.3, 0.4) is 0 Å². The van der Waals surface area contributed by atoms with Crippen LogP contribution in [0.5, 0.6) is 0 Å². The molecular formula is C25H38N4O4S2. The molecule has 0 radical (unpaired) electrons. The third-order valence-electron chi connectivity index (χ3n) is 7.02. The van der Waals surface area contributed by atoms with Gasteiger partial charge in [0.1, 0.15) is 5.82 Å². The van der Waals surface area contributed by atoms with Crippen LogP contribution in [0.2, 0.25) is 0 Å². The molecule has 0 spiro atoms. The van der Waals surface area contributed by atoms with E-state index in [9.17, 15) is 8.42 Å². The lowest BCUT2D eigenvalue weighted by molar-refractivity contribution is 0.110. The average Bonchev–Trinajstić information content (AvgIpc) is 3.47. The van der Waals surface area contributed by atoms with Gasteiger partial charge in [-0.3, -0.25) is 4.55 Å². The van der Waals surface area contributed by atoms with Gasteiger partial charge in [0.15, 0.2) is 0 Å². The molecule has 194 valence electrons. The number of hydrogen-bond donors (Lipinski definition) is 2. The van der Waals surface area contributed by atoms with Crippen LogP contribution in [0.15, 0.2) is 29.4 Å². The second-order valence-corrected chi connectivity index (χ2v) is 11.5. The molecule has 0 bridgehead atoms. The van der Waals surface area contributed by atoms with Gasteiger partial charge in [0.25, 0.3) is 0 Å². The molecule has 2 fully saturated rings. The van der Waals surface area contributed by atoms with Gasteiger partial charge >= 0.3 is 10.3 Å². The van der Waals surface area contributed by atoms with Crippen LogP contribution >= 0.6 is 11.3 Å². The molecule has 2 aliphatic heterocycles. The van der Waals surface area contributed by atoms with Crippen molar-refractivity contribution in [2.45, 2.75) is 70.9 Å². The summed E-state index contributed by atoms with van der Waals surface area (Å²) < 4.78 is 39.1. The Hall–Kier alpha value is -1.56. The van der Waals surface area contributed by atoms with E-state index in [4.69, 9.17) is 14.3 Å². The van der Waals surface area contributed by atoms with E-state index in [1.165, 1.54) is 28.3 Å². The van der Waals surface area contributed by atoms with Crippen LogP contribution in [0.25, 0.3) is 5.57 Å². The summed E-state index contributed by atoms with van der Waals surface area (Å²) in [4.78, 5) is 8.69. The quantitative estimate of drug-likeness (QED) is 0.437. The molecule has 2 N–H and O–H groups in total. The van der Waals surface area contributed by atoms with Crippen molar-refractivity contribution in [3.05, 3.63) is 45.7 Å². The summed E-state index contributed by atoms with van der Waals surface area (Å²) in [5.74, 6) is 1.17. The van der Waals surface area contributed by atoms with Gasteiger partial charge in [0.05, 0.1) is 6.61 Å². The first kappa shape index (κ1) is 26.5. The Morgan fingerprint density at radius 2 is 1.94 bits per heavy atom. The zero-order valence-corrected chi connectivity index (χ0v) is 22.2. The number of piperidine rings is 1.